The number of carbonyl (C=O) groups excluding carboxylic acids is 1. The van der Waals surface area contributed by atoms with E-state index in [2.05, 4.69) is 5.16 Å². The van der Waals surface area contributed by atoms with Gasteiger partial charge < -0.3 is 29.8 Å². The van der Waals surface area contributed by atoms with E-state index in [-0.39, 0.29) is 29.2 Å². The zero-order valence-electron chi connectivity index (χ0n) is 17.5. The Hall–Kier alpha value is -2.97. The van der Waals surface area contributed by atoms with Gasteiger partial charge in [-0.15, -0.1) is 0 Å². The van der Waals surface area contributed by atoms with E-state index in [1.54, 1.807) is 19.1 Å². The average molecular weight is 410 g/mol. The van der Waals surface area contributed by atoms with Gasteiger partial charge in [0, 0.05) is 38.4 Å². The smallest absolute Gasteiger partial charge is 0.300 e. The summed E-state index contributed by atoms with van der Waals surface area (Å²) in [5.41, 5.74) is 0.821. The molecule has 0 saturated carbocycles. The molecule has 1 saturated heterocycles. The highest BCUT2D eigenvalue weighted by molar-refractivity contribution is 6.05. The minimum absolute atomic E-state index is 0.0805. The van der Waals surface area contributed by atoms with Gasteiger partial charge in [-0.25, -0.2) is 0 Å². The van der Waals surface area contributed by atoms with Crippen molar-refractivity contribution in [2.24, 2.45) is 17.0 Å². The molecule has 1 atom stereocenters. The monoisotopic (exact) mass is 410 g/mol. The number of phenols is 1. The van der Waals surface area contributed by atoms with Gasteiger partial charge in [0.1, 0.15) is 0 Å². The maximum Gasteiger partial charge on any atom is 0.300 e. The number of rotatable bonds is 5. The van der Waals surface area contributed by atoms with Crippen molar-refractivity contribution in [3.63, 3.8) is 0 Å². The van der Waals surface area contributed by atoms with E-state index < -0.39 is 5.97 Å². The molecule has 29 heavy (non-hydrogen) atoms. The largest absolute Gasteiger partial charge is 0.504 e. The number of hydrogen-bond donors (Lipinski definition) is 3. The number of aliphatic carboxylic acids is 1. The topological polar surface area (TPSA) is 129 Å². The number of nitrogens with zero attached hydrogens (tertiary/aromatic N) is 2. The van der Waals surface area contributed by atoms with Gasteiger partial charge in [0.2, 0.25) is 11.7 Å². The first-order valence-electron chi connectivity index (χ1n) is 9.29. The van der Waals surface area contributed by atoms with E-state index in [0.29, 0.717) is 30.1 Å². The van der Waals surface area contributed by atoms with Gasteiger partial charge in [-0.2, -0.15) is 0 Å². The maximum absolute atomic E-state index is 11.5. The highest BCUT2D eigenvalue weighted by atomic mass is 16.5. The van der Waals surface area contributed by atoms with E-state index in [1.807, 2.05) is 11.8 Å². The first-order valence-corrected chi connectivity index (χ1v) is 9.29. The number of phenolic OH excluding ortho intramolecular Hbond substituents is 1. The highest BCUT2D eigenvalue weighted by Crippen LogP contribution is 2.41. The Morgan fingerprint density at radius 2 is 1.72 bits per heavy atom. The summed E-state index contributed by atoms with van der Waals surface area (Å²) in [5, 5.41) is 31.0. The number of likely N-dealkylation sites (tertiary alicyclic amines) is 1. The van der Waals surface area contributed by atoms with Crippen LogP contribution in [-0.2, 0) is 9.59 Å². The van der Waals surface area contributed by atoms with Crippen LogP contribution >= 0.6 is 0 Å². The Bertz CT molecular complexity index is 737. The summed E-state index contributed by atoms with van der Waals surface area (Å²) in [6, 6.07) is 3.33. The van der Waals surface area contributed by atoms with E-state index in [1.165, 1.54) is 14.2 Å². The number of hydrogen-bond acceptors (Lipinski definition) is 7. The lowest BCUT2D eigenvalue weighted by Gasteiger charge is -2.34. The molecule has 162 valence electrons. The predicted octanol–water partition coefficient (Wildman–Crippen LogP) is 2.57. The van der Waals surface area contributed by atoms with Crippen LogP contribution < -0.4 is 9.47 Å². The maximum atomic E-state index is 11.5. The number of ether oxygens (including phenoxy) is 2. The minimum Gasteiger partial charge on any atom is -0.504 e. The molecule has 0 bridgehead atoms. The Kier molecular flexibility index (Phi) is 9.24. The summed E-state index contributed by atoms with van der Waals surface area (Å²) < 4.78 is 10.4. The standard InChI is InChI=1S/C18H26N2O5.C2H4O2/c1-11(13-7-9-20(10-8-13)12(2)21)16(19-23)14-5-6-15(24-3)18(25-4)17(14)22;1-2(3)4/h5-6,11,13,22-23H,7-10H2,1-4H3;1H3,(H,3,4). The molecule has 9 nitrogen and oxygen atoms in total. The van der Waals surface area contributed by atoms with Crippen LogP contribution in [0.15, 0.2) is 17.3 Å². The lowest BCUT2D eigenvalue weighted by Crippen LogP contribution is -2.39. The number of piperidine rings is 1. The molecule has 1 amide bonds. The van der Waals surface area contributed by atoms with Crippen molar-refractivity contribution in [1.82, 2.24) is 4.90 Å². The number of carboxylic acid groups (broad SMARTS) is 1. The molecule has 1 fully saturated rings. The van der Waals surface area contributed by atoms with Gasteiger partial charge >= 0.3 is 0 Å². The first kappa shape index (κ1) is 24.1. The van der Waals surface area contributed by atoms with Crippen molar-refractivity contribution in [2.75, 3.05) is 27.3 Å². The third-order valence-corrected chi connectivity index (χ3v) is 5.03. The van der Waals surface area contributed by atoms with Crippen molar-refractivity contribution in [3.8, 4) is 17.2 Å². The van der Waals surface area contributed by atoms with Crippen molar-refractivity contribution in [3.05, 3.63) is 17.7 Å². The van der Waals surface area contributed by atoms with Crippen molar-refractivity contribution < 1.29 is 34.5 Å². The lowest BCUT2D eigenvalue weighted by atomic mass is 9.80. The third kappa shape index (κ3) is 6.27. The summed E-state index contributed by atoms with van der Waals surface area (Å²) >= 11 is 0. The summed E-state index contributed by atoms with van der Waals surface area (Å²) in [5.74, 6) is -0.0670. The zero-order chi connectivity index (χ0) is 22.1. The van der Waals surface area contributed by atoms with Crippen molar-refractivity contribution in [2.45, 2.75) is 33.6 Å². The normalized spacial score (nSPS) is 15.8. The summed E-state index contributed by atoms with van der Waals surface area (Å²) in [6.45, 7) is 6.02. The van der Waals surface area contributed by atoms with Crippen LogP contribution in [0.5, 0.6) is 17.2 Å². The lowest BCUT2D eigenvalue weighted by molar-refractivity contribution is -0.134. The molecule has 1 unspecified atom stereocenters. The van der Waals surface area contributed by atoms with Crippen molar-refractivity contribution >= 4 is 17.6 Å². The molecule has 1 aromatic carbocycles. The van der Waals surface area contributed by atoms with Gasteiger partial charge in [0.25, 0.3) is 5.97 Å². The molecule has 9 heteroatoms. The van der Waals surface area contributed by atoms with Crippen LogP contribution in [0, 0.1) is 11.8 Å². The Labute approximate surface area is 170 Å². The fourth-order valence-electron chi connectivity index (χ4n) is 3.45. The number of aromatic hydroxyl groups is 1. The van der Waals surface area contributed by atoms with Gasteiger partial charge in [0.05, 0.1) is 19.9 Å². The van der Waals surface area contributed by atoms with E-state index >= 15 is 0 Å². The van der Waals surface area contributed by atoms with Crippen LogP contribution in [0.2, 0.25) is 0 Å². The molecule has 0 aromatic heterocycles. The molecule has 1 aromatic rings. The minimum atomic E-state index is -0.833. The SMILES string of the molecule is CC(=O)O.COc1ccc(C(=NO)C(C)C2CCN(C(C)=O)CC2)c(O)c1OC. The molecule has 0 spiro atoms. The second-order valence-corrected chi connectivity index (χ2v) is 6.83. The number of amides is 1. The highest BCUT2D eigenvalue weighted by Gasteiger charge is 2.30. The number of oxime groups is 1. The zero-order valence-corrected chi connectivity index (χ0v) is 17.5. The van der Waals surface area contributed by atoms with E-state index in [4.69, 9.17) is 19.4 Å². The number of methoxy groups -OCH3 is 2. The second-order valence-electron chi connectivity index (χ2n) is 6.83. The molecule has 3 N–H and O–H groups in total. The summed E-state index contributed by atoms with van der Waals surface area (Å²) in [7, 11) is 2.93. The third-order valence-electron chi connectivity index (χ3n) is 5.03. The molecular formula is C20H30N2O7. The van der Waals surface area contributed by atoms with Crippen LogP contribution in [-0.4, -0.2) is 65.2 Å². The van der Waals surface area contributed by atoms with Crippen LogP contribution in [0.3, 0.4) is 0 Å². The Balaban J connectivity index is 0.000000960. The van der Waals surface area contributed by atoms with Gasteiger partial charge in [-0.05, 0) is 30.9 Å². The molecular weight excluding hydrogens is 380 g/mol. The van der Waals surface area contributed by atoms with Crippen LogP contribution in [0.25, 0.3) is 0 Å². The van der Waals surface area contributed by atoms with Crippen LogP contribution in [0.4, 0.5) is 0 Å². The fraction of sp³-hybridized carbons (Fsp3) is 0.550. The van der Waals surface area contributed by atoms with Gasteiger partial charge in [-0.3, -0.25) is 9.59 Å². The van der Waals surface area contributed by atoms with Gasteiger partial charge in [-0.1, -0.05) is 12.1 Å². The van der Waals surface area contributed by atoms with Crippen molar-refractivity contribution in [1.29, 1.82) is 0 Å². The predicted molar refractivity (Wildman–Crippen MR) is 107 cm³/mol. The molecule has 0 radical (unpaired) electrons. The fourth-order valence-corrected chi connectivity index (χ4v) is 3.45. The first-order chi connectivity index (χ1) is 13.7. The van der Waals surface area contributed by atoms with E-state index in [9.17, 15) is 15.1 Å². The van der Waals surface area contributed by atoms with Crippen LogP contribution in [0.1, 0.15) is 39.2 Å². The molecule has 1 heterocycles. The summed E-state index contributed by atoms with van der Waals surface area (Å²) in [6.07, 6.45) is 1.65. The number of carbonyl (C=O) groups is 2. The number of benzene rings is 1. The molecule has 0 aliphatic carbocycles. The average Bonchev–Trinajstić information content (AvgIpc) is 2.68. The summed E-state index contributed by atoms with van der Waals surface area (Å²) in [4.78, 5) is 22.3. The Morgan fingerprint density at radius 1 is 1.17 bits per heavy atom. The second kappa shape index (κ2) is 11.1. The Morgan fingerprint density at radius 3 is 2.14 bits per heavy atom. The van der Waals surface area contributed by atoms with Gasteiger partial charge in [0.15, 0.2) is 11.5 Å². The number of carboxylic acids is 1. The molecule has 2 rings (SSSR count). The molecule has 1 aliphatic rings. The van der Waals surface area contributed by atoms with E-state index in [0.717, 1.165) is 19.8 Å². The molecule has 1 aliphatic heterocycles. The quantitative estimate of drug-likeness (QED) is 0.386.